The third-order valence-electron chi connectivity index (χ3n) is 3.42. The predicted octanol–water partition coefficient (Wildman–Crippen LogP) is 2.15. The molecule has 2 N–H and O–H groups in total. The Labute approximate surface area is 169 Å². The molecule has 0 bridgehead atoms. The second kappa shape index (κ2) is 10.1. The van der Waals surface area contributed by atoms with E-state index in [-0.39, 0.29) is 0 Å². The maximum absolute atomic E-state index is 12.4. The maximum Gasteiger partial charge on any atom is 0.387 e. The summed E-state index contributed by atoms with van der Waals surface area (Å²) in [5, 5.41) is 0. The summed E-state index contributed by atoms with van der Waals surface area (Å²) in [6.45, 7) is -7.43. The first-order chi connectivity index (χ1) is 14.0. The second-order valence-corrected chi connectivity index (χ2v) is 8.92. The van der Waals surface area contributed by atoms with E-state index in [1.54, 1.807) is 0 Å². The minimum Gasteiger partial charge on any atom is -0.433 e. The number of halogens is 4. The van der Waals surface area contributed by atoms with Gasteiger partial charge in [0, 0.05) is 13.1 Å². The quantitative estimate of drug-likeness (QED) is 0.383. The van der Waals surface area contributed by atoms with Gasteiger partial charge in [0.05, 0.1) is 0 Å². The number of benzene rings is 2. The van der Waals surface area contributed by atoms with Gasteiger partial charge in [-0.05, 0) is 24.3 Å². The van der Waals surface area contributed by atoms with Crippen LogP contribution >= 0.6 is 0 Å². The zero-order valence-corrected chi connectivity index (χ0v) is 16.6. The van der Waals surface area contributed by atoms with Gasteiger partial charge in [-0.1, -0.05) is 24.3 Å². The van der Waals surface area contributed by atoms with Crippen LogP contribution in [0, 0.1) is 0 Å². The molecular weight excluding hydrogens is 456 g/mol. The standard InChI is InChI=1S/C16H16F4N2O6S2/c17-15(18)27-11-5-1-3-7-13(11)29(23,24)21-9-10-22-30(25,26)14-8-4-2-6-12(14)28-16(19)20/h1-8,15-16,21-22H,9-10H2. The van der Waals surface area contributed by atoms with Crippen LogP contribution < -0.4 is 18.9 Å². The fourth-order valence-corrected chi connectivity index (χ4v) is 4.59. The van der Waals surface area contributed by atoms with E-state index in [4.69, 9.17) is 0 Å². The van der Waals surface area contributed by atoms with E-state index >= 15 is 0 Å². The molecule has 2 aromatic carbocycles. The Kier molecular flexibility index (Phi) is 8.00. The van der Waals surface area contributed by atoms with Crippen LogP contribution in [-0.4, -0.2) is 43.1 Å². The number of alkyl halides is 4. The fraction of sp³-hybridized carbons (Fsp3) is 0.250. The molecule has 0 amide bonds. The molecule has 8 nitrogen and oxygen atoms in total. The van der Waals surface area contributed by atoms with Crippen molar-refractivity contribution in [1.82, 2.24) is 9.44 Å². The number of ether oxygens (including phenoxy) is 2. The Bertz CT molecular complexity index is 979. The third-order valence-corrected chi connectivity index (χ3v) is 6.42. The molecule has 2 rings (SSSR count). The van der Waals surface area contributed by atoms with E-state index in [1.165, 1.54) is 24.3 Å². The molecule has 14 heteroatoms. The molecule has 0 unspecified atom stereocenters. The van der Waals surface area contributed by atoms with Crippen LogP contribution in [0.3, 0.4) is 0 Å². The van der Waals surface area contributed by atoms with Gasteiger partial charge in [0.1, 0.15) is 21.3 Å². The molecule has 0 saturated carbocycles. The second-order valence-electron chi connectivity index (χ2n) is 5.45. The average Bonchev–Trinajstić information content (AvgIpc) is 2.65. The van der Waals surface area contributed by atoms with Crippen molar-refractivity contribution in [1.29, 1.82) is 0 Å². The zero-order chi connectivity index (χ0) is 22.4. The summed E-state index contributed by atoms with van der Waals surface area (Å²) < 4.78 is 111. The van der Waals surface area contributed by atoms with Gasteiger partial charge < -0.3 is 9.47 Å². The van der Waals surface area contributed by atoms with E-state index in [1.807, 2.05) is 9.44 Å². The Balaban J connectivity index is 2.04. The summed E-state index contributed by atoms with van der Waals surface area (Å²) in [6, 6.07) is 9.29. The highest BCUT2D eigenvalue weighted by Gasteiger charge is 2.23. The lowest BCUT2D eigenvalue weighted by atomic mass is 10.3. The molecule has 0 heterocycles. The molecule has 166 valence electrons. The SMILES string of the molecule is O=S(=O)(NCCNS(=O)(=O)c1ccccc1OC(F)F)c1ccccc1OC(F)F. The Hall–Kier alpha value is -2.42. The Morgan fingerprint density at radius 1 is 0.667 bits per heavy atom. The van der Waals surface area contributed by atoms with E-state index in [2.05, 4.69) is 9.47 Å². The largest absolute Gasteiger partial charge is 0.433 e. The molecule has 0 spiro atoms. The smallest absolute Gasteiger partial charge is 0.387 e. The van der Waals surface area contributed by atoms with Gasteiger partial charge in [0.15, 0.2) is 0 Å². The number of hydrogen-bond acceptors (Lipinski definition) is 6. The highest BCUT2D eigenvalue weighted by atomic mass is 32.2. The van der Waals surface area contributed by atoms with Crippen molar-refractivity contribution in [2.75, 3.05) is 13.1 Å². The van der Waals surface area contributed by atoms with Crippen molar-refractivity contribution in [3.63, 3.8) is 0 Å². The third kappa shape index (κ3) is 6.55. The first kappa shape index (κ1) is 23.9. The monoisotopic (exact) mass is 472 g/mol. The zero-order valence-electron chi connectivity index (χ0n) is 15.0. The van der Waals surface area contributed by atoms with Crippen LogP contribution in [0.2, 0.25) is 0 Å². The highest BCUT2D eigenvalue weighted by molar-refractivity contribution is 7.90. The molecule has 2 aromatic rings. The van der Waals surface area contributed by atoms with Gasteiger partial charge in [-0.25, -0.2) is 26.3 Å². The van der Waals surface area contributed by atoms with E-state index in [0.29, 0.717) is 0 Å². The van der Waals surface area contributed by atoms with Crippen LogP contribution in [0.4, 0.5) is 17.6 Å². The molecule has 30 heavy (non-hydrogen) atoms. The van der Waals surface area contributed by atoms with E-state index in [0.717, 1.165) is 24.3 Å². The molecule has 0 aliphatic carbocycles. The molecule has 0 radical (unpaired) electrons. The lowest BCUT2D eigenvalue weighted by Gasteiger charge is -2.13. The first-order valence-electron chi connectivity index (χ1n) is 8.10. The summed E-state index contributed by atoms with van der Waals surface area (Å²) in [7, 11) is -8.62. The number of hydrogen-bond donors (Lipinski definition) is 2. The van der Waals surface area contributed by atoms with Crippen molar-refractivity contribution in [3.8, 4) is 11.5 Å². The minimum atomic E-state index is -4.31. The molecule has 0 aromatic heterocycles. The molecular formula is C16H16F4N2O6S2. The van der Waals surface area contributed by atoms with Gasteiger partial charge in [-0.2, -0.15) is 17.6 Å². The van der Waals surface area contributed by atoms with Gasteiger partial charge in [-0.15, -0.1) is 0 Å². The molecule has 0 aliphatic rings. The normalized spacial score (nSPS) is 12.3. The molecule has 0 fully saturated rings. The van der Waals surface area contributed by atoms with Gasteiger partial charge in [0.2, 0.25) is 20.0 Å². The summed E-state index contributed by atoms with van der Waals surface area (Å²) >= 11 is 0. The minimum absolute atomic E-state index is 0.470. The topological polar surface area (TPSA) is 111 Å². The van der Waals surface area contributed by atoms with Gasteiger partial charge in [0.25, 0.3) is 0 Å². The van der Waals surface area contributed by atoms with Crippen LogP contribution in [-0.2, 0) is 20.0 Å². The maximum atomic E-state index is 12.4. The van der Waals surface area contributed by atoms with E-state index < -0.39 is 67.6 Å². The van der Waals surface area contributed by atoms with Gasteiger partial charge in [-0.3, -0.25) is 0 Å². The number of sulfonamides is 2. The summed E-state index contributed by atoms with van der Waals surface area (Å²) in [4.78, 5) is -1.13. The number of para-hydroxylation sites is 2. The molecule has 0 atom stereocenters. The number of rotatable bonds is 11. The number of nitrogens with one attached hydrogen (secondary N) is 2. The van der Waals surface area contributed by atoms with Crippen molar-refractivity contribution in [3.05, 3.63) is 48.5 Å². The van der Waals surface area contributed by atoms with Crippen LogP contribution in [0.5, 0.6) is 11.5 Å². The summed E-state index contributed by atoms with van der Waals surface area (Å²) in [6.07, 6.45) is 0. The molecule has 0 aliphatic heterocycles. The van der Waals surface area contributed by atoms with Crippen molar-refractivity contribution < 1.29 is 43.9 Å². The Morgan fingerprint density at radius 2 is 1.00 bits per heavy atom. The lowest BCUT2D eigenvalue weighted by molar-refractivity contribution is -0.0524. The average molecular weight is 472 g/mol. The van der Waals surface area contributed by atoms with Crippen LogP contribution in [0.15, 0.2) is 58.3 Å². The van der Waals surface area contributed by atoms with Crippen molar-refractivity contribution in [2.24, 2.45) is 0 Å². The summed E-state index contributed by atoms with van der Waals surface area (Å²) in [5.74, 6) is -1.17. The van der Waals surface area contributed by atoms with E-state index in [9.17, 15) is 34.4 Å². The van der Waals surface area contributed by atoms with Crippen LogP contribution in [0.25, 0.3) is 0 Å². The lowest BCUT2D eigenvalue weighted by Crippen LogP contribution is -2.35. The van der Waals surface area contributed by atoms with Gasteiger partial charge >= 0.3 is 13.2 Å². The predicted molar refractivity (Wildman–Crippen MR) is 96.5 cm³/mol. The highest BCUT2D eigenvalue weighted by Crippen LogP contribution is 2.25. The fourth-order valence-electron chi connectivity index (χ4n) is 2.26. The first-order valence-corrected chi connectivity index (χ1v) is 11.1. The van der Waals surface area contributed by atoms with Crippen molar-refractivity contribution >= 4 is 20.0 Å². The van der Waals surface area contributed by atoms with Crippen molar-refractivity contribution in [2.45, 2.75) is 23.0 Å². The Morgan fingerprint density at radius 3 is 1.33 bits per heavy atom. The molecule has 0 saturated heterocycles. The van der Waals surface area contributed by atoms with Crippen LogP contribution in [0.1, 0.15) is 0 Å². The summed E-state index contributed by atoms with van der Waals surface area (Å²) in [5.41, 5.74) is 0.